The summed E-state index contributed by atoms with van der Waals surface area (Å²) >= 11 is 0. The summed E-state index contributed by atoms with van der Waals surface area (Å²) < 4.78 is 0. The second-order valence-electron chi connectivity index (χ2n) is 5.27. The first-order chi connectivity index (χ1) is 10.3. The fraction of sp³-hybridized carbons (Fsp3) is 0.400. The molecule has 6 nitrogen and oxygen atoms in total. The number of carbonyl (C=O) groups is 1. The maximum atomic E-state index is 12.4. The molecule has 6 heteroatoms. The number of carbonyl (C=O) groups excluding carboxylic acids is 1. The highest BCUT2D eigenvalue weighted by molar-refractivity contribution is 5.94. The van der Waals surface area contributed by atoms with Crippen LogP contribution in [0.3, 0.4) is 0 Å². The normalized spacial score (nSPS) is 18.1. The van der Waals surface area contributed by atoms with Crippen molar-refractivity contribution < 1.29 is 9.90 Å². The van der Waals surface area contributed by atoms with E-state index in [4.69, 9.17) is 5.11 Å². The fourth-order valence-electron chi connectivity index (χ4n) is 2.70. The molecular weight excluding hydrogens is 268 g/mol. The Balaban J connectivity index is 1.66. The van der Waals surface area contributed by atoms with Gasteiger partial charge in [-0.25, -0.2) is 0 Å². The predicted octanol–water partition coefficient (Wildman–Crippen LogP) is 0.969. The molecule has 21 heavy (non-hydrogen) atoms. The van der Waals surface area contributed by atoms with E-state index in [2.05, 4.69) is 15.2 Å². The summed E-state index contributed by atoms with van der Waals surface area (Å²) in [7, 11) is 0. The van der Waals surface area contributed by atoms with E-state index in [0.29, 0.717) is 18.5 Å². The second kappa shape index (κ2) is 6.05. The summed E-state index contributed by atoms with van der Waals surface area (Å²) in [6.45, 7) is 1.52. The summed E-state index contributed by atoms with van der Waals surface area (Å²) in [4.78, 5) is 18.2. The molecule has 0 radical (unpaired) electrons. The van der Waals surface area contributed by atoms with Gasteiger partial charge in [-0.2, -0.15) is 5.10 Å². The number of nitrogens with zero attached hydrogens (tertiary/aromatic N) is 3. The van der Waals surface area contributed by atoms with E-state index in [0.717, 1.165) is 24.4 Å². The van der Waals surface area contributed by atoms with E-state index < -0.39 is 0 Å². The van der Waals surface area contributed by atoms with Gasteiger partial charge in [0.1, 0.15) is 0 Å². The Morgan fingerprint density at radius 2 is 2.43 bits per heavy atom. The molecule has 1 atom stereocenters. The molecule has 1 aliphatic heterocycles. The van der Waals surface area contributed by atoms with E-state index in [1.165, 1.54) is 0 Å². The minimum atomic E-state index is 0.0247. The van der Waals surface area contributed by atoms with Gasteiger partial charge < -0.3 is 10.0 Å². The number of nitrogens with one attached hydrogen (secondary N) is 1. The molecule has 2 aromatic heterocycles. The number of hydrogen-bond donors (Lipinski definition) is 2. The molecule has 3 rings (SSSR count). The van der Waals surface area contributed by atoms with Crippen LogP contribution in [0, 0.1) is 0 Å². The number of hydrogen-bond acceptors (Lipinski definition) is 4. The number of pyridine rings is 1. The molecule has 1 saturated heterocycles. The zero-order chi connectivity index (χ0) is 14.7. The lowest BCUT2D eigenvalue weighted by atomic mass is 10.0. The van der Waals surface area contributed by atoms with Crippen molar-refractivity contribution in [2.45, 2.75) is 18.8 Å². The number of H-pyrrole nitrogens is 1. The zero-order valence-corrected chi connectivity index (χ0v) is 11.7. The van der Waals surface area contributed by atoms with Crippen molar-refractivity contribution >= 4 is 5.91 Å². The third-order valence-corrected chi connectivity index (χ3v) is 3.83. The second-order valence-corrected chi connectivity index (χ2v) is 5.27. The van der Waals surface area contributed by atoms with E-state index in [1.807, 2.05) is 11.0 Å². The first-order valence-corrected chi connectivity index (χ1v) is 7.12. The molecule has 1 aliphatic rings. The van der Waals surface area contributed by atoms with Crippen molar-refractivity contribution in [1.82, 2.24) is 20.1 Å². The van der Waals surface area contributed by atoms with Gasteiger partial charge in [0.15, 0.2) is 0 Å². The van der Waals surface area contributed by atoms with Gasteiger partial charge in [-0.15, -0.1) is 0 Å². The summed E-state index contributed by atoms with van der Waals surface area (Å²) in [5.41, 5.74) is 2.53. The molecule has 0 aliphatic carbocycles. The molecule has 0 spiro atoms. The van der Waals surface area contributed by atoms with Gasteiger partial charge in [-0.05, 0) is 24.6 Å². The SMILES string of the molecule is O=C(c1cccnc1)N1CC[C@H](c2cc(CCO)[nH]n2)C1. The quantitative estimate of drug-likeness (QED) is 0.877. The Kier molecular flexibility index (Phi) is 3.96. The monoisotopic (exact) mass is 286 g/mol. The van der Waals surface area contributed by atoms with Crippen LogP contribution in [0.2, 0.25) is 0 Å². The number of aliphatic hydroxyl groups excluding tert-OH is 1. The van der Waals surface area contributed by atoms with E-state index in [1.54, 1.807) is 24.5 Å². The van der Waals surface area contributed by atoms with Crippen LogP contribution in [-0.4, -0.2) is 50.8 Å². The predicted molar refractivity (Wildman–Crippen MR) is 76.9 cm³/mol. The van der Waals surface area contributed by atoms with Crippen molar-refractivity contribution in [2.75, 3.05) is 19.7 Å². The molecule has 3 heterocycles. The van der Waals surface area contributed by atoms with Crippen LogP contribution < -0.4 is 0 Å². The lowest BCUT2D eigenvalue weighted by molar-refractivity contribution is 0.0790. The van der Waals surface area contributed by atoms with Gasteiger partial charge in [0.25, 0.3) is 5.91 Å². The molecule has 2 N–H and O–H groups in total. The Morgan fingerprint density at radius 1 is 1.52 bits per heavy atom. The summed E-state index contributed by atoms with van der Waals surface area (Å²) in [6, 6.07) is 5.55. The molecule has 110 valence electrons. The highest BCUT2D eigenvalue weighted by Crippen LogP contribution is 2.27. The van der Waals surface area contributed by atoms with Crippen LogP contribution in [0.4, 0.5) is 0 Å². The lowest BCUT2D eigenvalue weighted by Gasteiger charge is -2.15. The first kappa shape index (κ1) is 13.8. The minimum Gasteiger partial charge on any atom is -0.396 e. The van der Waals surface area contributed by atoms with Gasteiger partial charge in [-0.3, -0.25) is 14.9 Å². The Labute approximate surface area is 122 Å². The first-order valence-electron chi connectivity index (χ1n) is 7.12. The number of likely N-dealkylation sites (tertiary alicyclic amines) is 1. The molecule has 1 amide bonds. The Morgan fingerprint density at radius 3 is 3.19 bits per heavy atom. The number of rotatable bonds is 4. The van der Waals surface area contributed by atoms with Gasteiger partial charge in [-0.1, -0.05) is 0 Å². The van der Waals surface area contributed by atoms with Crippen molar-refractivity contribution in [1.29, 1.82) is 0 Å². The van der Waals surface area contributed by atoms with Crippen LogP contribution in [0.5, 0.6) is 0 Å². The van der Waals surface area contributed by atoms with Crippen molar-refractivity contribution in [2.24, 2.45) is 0 Å². The number of aliphatic hydroxyl groups is 1. The van der Waals surface area contributed by atoms with Crippen LogP contribution >= 0.6 is 0 Å². The molecule has 0 saturated carbocycles. The van der Waals surface area contributed by atoms with Gasteiger partial charge in [0, 0.05) is 50.1 Å². The molecule has 0 bridgehead atoms. The van der Waals surface area contributed by atoms with E-state index in [-0.39, 0.29) is 18.4 Å². The average Bonchev–Trinajstić information content (AvgIpc) is 3.16. The van der Waals surface area contributed by atoms with Crippen LogP contribution in [0.1, 0.15) is 34.1 Å². The number of aromatic nitrogens is 3. The van der Waals surface area contributed by atoms with E-state index in [9.17, 15) is 4.79 Å². The van der Waals surface area contributed by atoms with Crippen molar-refractivity contribution in [3.05, 3.63) is 47.5 Å². The topological polar surface area (TPSA) is 82.1 Å². The number of aromatic amines is 1. The van der Waals surface area contributed by atoms with Crippen molar-refractivity contribution in [3.63, 3.8) is 0 Å². The highest BCUT2D eigenvalue weighted by atomic mass is 16.3. The number of amides is 1. The highest BCUT2D eigenvalue weighted by Gasteiger charge is 2.29. The zero-order valence-electron chi connectivity index (χ0n) is 11.7. The molecule has 2 aromatic rings. The standard InChI is InChI=1S/C15H18N4O2/c20-7-4-13-8-14(18-17-13)12-3-6-19(10-12)15(21)11-2-1-5-16-9-11/h1-2,5,8-9,12,20H,3-4,6-7,10H2,(H,17,18)/t12-/m0/s1. The van der Waals surface area contributed by atoms with Gasteiger partial charge >= 0.3 is 0 Å². The smallest absolute Gasteiger partial charge is 0.255 e. The van der Waals surface area contributed by atoms with Crippen LogP contribution in [0.25, 0.3) is 0 Å². The fourth-order valence-corrected chi connectivity index (χ4v) is 2.70. The summed E-state index contributed by atoms with van der Waals surface area (Å²) in [5.74, 6) is 0.283. The molecular formula is C15H18N4O2. The summed E-state index contributed by atoms with van der Waals surface area (Å²) in [5, 5.41) is 16.2. The maximum absolute atomic E-state index is 12.4. The van der Waals surface area contributed by atoms with Crippen LogP contribution in [0.15, 0.2) is 30.6 Å². The lowest BCUT2D eigenvalue weighted by Crippen LogP contribution is -2.28. The Bertz CT molecular complexity index is 611. The van der Waals surface area contributed by atoms with Crippen LogP contribution in [-0.2, 0) is 6.42 Å². The van der Waals surface area contributed by atoms with Crippen molar-refractivity contribution in [3.8, 4) is 0 Å². The molecule has 0 unspecified atom stereocenters. The summed E-state index contributed by atoms with van der Waals surface area (Å²) in [6.07, 6.45) is 4.76. The van der Waals surface area contributed by atoms with E-state index >= 15 is 0 Å². The average molecular weight is 286 g/mol. The molecule has 1 fully saturated rings. The third-order valence-electron chi connectivity index (χ3n) is 3.83. The van der Waals surface area contributed by atoms with Gasteiger partial charge in [0.2, 0.25) is 0 Å². The maximum Gasteiger partial charge on any atom is 0.255 e. The van der Waals surface area contributed by atoms with Gasteiger partial charge in [0.05, 0.1) is 11.3 Å². The Hall–Kier alpha value is -2.21. The minimum absolute atomic E-state index is 0.0247. The largest absolute Gasteiger partial charge is 0.396 e. The molecule has 0 aromatic carbocycles. The third kappa shape index (κ3) is 2.95.